The number of hydrogen-bond acceptors (Lipinski definition) is 6. The van der Waals surface area contributed by atoms with Crippen molar-refractivity contribution in [1.82, 2.24) is 0 Å². The van der Waals surface area contributed by atoms with Gasteiger partial charge < -0.3 is 23.8 Å². The van der Waals surface area contributed by atoms with Crippen molar-refractivity contribution < 1.29 is 38.2 Å². The molecule has 310 valence electrons. The number of carboxylic acids is 1. The molecule has 2 atom stereocenters. The first kappa shape index (κ1) is 51.0. The molecule has 0 amide bonds. The predicted octanol–water partition coefficient (Wildman–Crippen LogP) is 11.4. The molecule has 0 spiro atoms. The van der Waals surface area contributed by atoms with Gasteiger partial charge >= 0.3 is 17.9 Å². The second-order valence-corrected chi connectivity index (χ2v) is 15.2. The third-order valence-corrected chi connectivity index (χ3v) is 9.18. The van der Waals surface area contributed by atoms with E-state index in [1.807, 2.05) is 21.1 Å². The highest BCUT2D eigenvalue weighted by Crippen LogP contribution is 2.13. The number of carbonyl (C=O) groups is 3. The molecule has 0 radical (unpaired) electrons. The Morgan fingerprint density at radius 1 is 0.574 bits per heavy atom. The third-order valence-electron chi connectivity index (χ3n) is 9.18. The summed E-state index contributed by atoms with van der Waals surface area (Å²) >= 11 is 0. The maximum Gasteiger partial charge on any atom is 0.362 e. The van der Waals surface area contributed by atoms with Crippen molar-refractivity contribution in [2.24, 2.45) is 0 Å². The summed E-state index contributed by atoms with van der Waals surface area (Å²) in [5.41, 5.74) is 0. The lowest BCUT2D eigenvalue weighted by molar-refractivity contribution is -0.887. The summed E-state index contributed by atoms with van der Waals surface area (Å²) in [6.45, 7) is 4.57. The molecule has 0 aromatic rings. The minimum absolute atomic E-state index is 0.0496. The largest absolute Gasteiger partial charge is 0.477 e. The zero-order valence-electron chi connectivity index (χ0n) is 35.2. The zero-order valence-corrected chi connectivity index (χ0v) is 35.2. The zero-order chi connectivity index (χ0) is 40.0. The van der Waals surface area contributed by atoms with Crippen molar-refractivity contribution in [3.8, 4) is 0 Å². The fraction of sp³-hybridized carbons (Fsp3) is 0.717. The van der Waals surface area contributed by atoms with Gasteiger partial charge in [0.15, 0.2) is 12.1 Å². The van der Waals surface area contributed by atoms with E-state index >= 15 is 0 Å². The Bertz CT molecular complexity index is 1070. The molecule has 0 aromatic carbocycles. The van der Waals surface area contributed by atoms with Crippen LogP contribution >= 0.6 is 0 Å². The van der Waals surface area contributed by atoms with Gasteiger partial charge in [-0.15, -0.1) is 0 Å². The van der Waals surface area contributed by atoms with E-state index in [1.165, 1.54) is 44.9 Å². The number of nitrogens with zero attached hydrogens (tertiary/aromatic N) is 1. The van der Waals surface area contributed by atoms with Crippen LogP contribution in [0.1, 0.15) is 162 Å². The molecular formula is C46H80NO7+. The first-order chi connectivity index (χ1) is 26.1. The van der Waals surface area contributed by atoms with E-state index in [9.17, 15) is 19.5 Å². The Kier molecular flexibility index (Phi) is 34.9. The van der Waals surface area contributed by atoms with Crippen LogP contribution in [0.4, 0.5) is 0 Å². The lowest BCUT2D eigenvalue weighted by atomic mass is 10.1. The van der Waals surface area contributed by atoms with E-state index in [1.54, 1.807) is 0 Å². The number of carboxylic acid groups (broad SMARTS) is 1. The van der Waals surface area contributed by atoms with Gasteiger partial charge in [0.2, 0.25) is 0 Å². The summed E-state index contributed by atoms with van der Waals surface area (Å²) in [6.07, 6.45) is 44.0. The molecule has 0 aromatic heterocycles. The van der Waals surface area contributed by atoms with Gasteiger partial charge in [0.25, 0.3) is 0 Å². The Labute approximate surface area is 330 Å². The number of likely N-dealkylation sites (N-methyl/N-ethyl adjacent to an activating group) is 1. The second kappa shape index (κ2) is 37.0. The van der Waals surface area contributed by atoms with Crippen LogP contribution < -0.4 is 0 Å². The van der Waals surface area contributed by atoms with E-state index < -0.39 is 18.1 Å². The highest BCUT2D eigenvalue weighted by atomic mass is 16.6. The van der Waals surface area contributed by atoms with Gasteiger partial charge in [-0.25, -0.2) is 4.79 Å². The molecule has 54 heavy (non-hydrogen) atoms. The lowest BCUT2D eigenvalue weighted by Gasteiger charge is -2.31. The van der Waals surface area contributed by atoms with E-state index in [2.05, 4.69) is 74.6 Å². The van der Waals surface area contributed by atoms with Gasteiger partial charge in [-0.1, -0.05) is 145 Å². The monoisotopic (exact) mass is 759 g/mol. The first-order valence-electron chi connectivity index (χ1n) is 21.3. The summed E-state index contributed by atoms with van der Waals surface area (Å²) < 4.78 is 17.2. The highest BCUT2D eigenvalue weighted by Gasteiger charge is 2.31. The van der Waals surface area contributed by atoms with Gasteiger partial charge in [-0.3, -0.25) is 9.59 Å². The number of hydrogen-bond donors (Lipinski definition) is 1. The summed E-state index contributed by atoms with van der Waals surface area (Å²) in [6, 6.07) is -0.620. The maximum absolute atomic E-state index is 12.7. The van der Waals surface area contributed by atoms with Gasteiger partial charge in [0.05, 0.1) is 34.4 Å². The van der Waals surface area contributed by atoms with E-state index in [-0.39, 0.29) is 36.2 Å². The average molecular weight is 759 g/mol. The molecule has 0 saturated heterocycles. The van der Waals surface area contributed by atoms with Crippen molar-refractivity contribution >= 4 is 17.9 Å². The normalized spacial score (nSPS) is 13.6. The molecule has 0 bridgehead atoms. The quantitative estimate of drug-likeness (QED) is 0.0291. The Balaban J connectivity index is 4.39. The molecule has 0 aliphatic heterocycles. The Morgan fingerprint density at radius 2 is 1.04 bits per heavy atom. The smallest absolute Gasteiger partial charge is 0.362 e. The van der Waals surface area contributed by atoms with Crippen LogP contribution in [0.5, 0.6) is 0 Å². The molecule has 0 heterocycles. The number of quaternary nitrogens is 1. The van der Waals surface area contributed by atoms with Crippen LogP contribution in [0.15, 0.2) is 60.8 Å². The van der Waals surface area contributed by atoms with Crippen molar-refractivity contribution in [2.75, 3.05) is 41.0 Å². The van der Waals surface area contributed by atoms with Gasteiger partial charge in [0.1, 0.15) is 6.61 Å². The third kappa shape index (κ3) is 34.8. The molecule has 8 nitrogen and oxygen atoms in total. The van der Waals surface area contributed by atoms with Crippen LogP contribution in [0.25, 0.3) is 0 Å². The number of allylic oxidation sites excluding steroid dienone is 10. The second-order valence-electron chi connectivity index (χ2n) is 15.2. The number of aliphatic carboxylic acids is 1. The SMILES string of the molecule is CC/C=C/C/C=C/C/C=C/C/C=C/C/C=C/CCCCCCC(=O)OC(COCCC(C(=O)O)[N+](C)(C)C)COC(=O)CCCCCCCCCCCC. The van der Waals surface area contributed by atoms with E-state index in [0.717, 1.165) is 83.5 Å². The molecule has 0 saturated carbocycles. The predicted molar refractivity (Wildman–Crippen MR) is 224 cm³/mol. The van der Waals surface area contributed by atoms with Crippen LogP contribution in [-0.4, -0.2) is 80.6 Å². The average Bonchev–Trinajstić information content (AvgIpc) is 3.12. The lowest BCUT2D eigenvalue weighted by Crippen LogP contribution is -2.50. The minimum atomic E-state index is -0.882. The highest BCUT2D eigenvalue weighted by molar-refractivity contribution is 5.72. The van der Waals surface area contributed by atoms with Gasteiger partial charge in [-0.05, 0) is 57.8 Å². The van der Waals surface area contributed by atoms with Crippen LogP contribution in [0.3, 0.4) is 0 Å². The fourth-order valence-electron chi connectivity index (χ4n) is 5.88. The van der Waals surface area contributed by atoms with Crippen molar-refractivity contribution in [2.45, 2.75) is 174 Å². The fourth-order valence-corrected chi connectivity index (χ4v) is 5.88. The van der Waals surface area contributed by atoms with Crippen LogP contribution in [-0.2, 0) is 28.6 Å². The first-order valence-corrected chi connectivity index (χ1v) is 21.3. The molecule has 0 aliphatic rings. The molecule has 0 fully saturated rings. The van der Waals surface area contributed by atoms with E-state index in [4.69, 9.17) is 14.2 Å². The summed E-state index contributed by atoms with van der Waals surface area (Å²) in [7, 11) is 5.51. The maximum atomic E-state index is 12.7. The number of esters is 2. The minimum Gasteiger partial charge on any atom is -0.477 e. The molecule has 0 aliphatic carbocycles. The van der Waals surface area contributed by atoms with Crippen LogP contribution in [0.2, 0.25) is 0 Å². The van der Waals surface area contributed by atoms with Crippen molar-refractivity contribution in [1.29, 1.82) is 0 Å². The number of ether oxygens (including phenoxy) is 3. The van der Waals surface area contributed by atoms with Crippen LogP contribution in [0, 0.1) is 0 Å². The standard InChI is InChI=1S/C46H79NO7/c1-6-8-10-12-14-16-18-19-20-21-22-23-24-25-26-27-29-31-33-35-37-45(49)54-42(40-52-39-38-43(46(50)51)47(3,4)5)41-53-44(48)36-34-32-30-28-17-15-13-11-9-7-2/h8,10,14,16,19-20,22-23,25-26,42-43H,6-7,9,11-13,15,17-18,21,24,27-41H2,1-5H3/p+1/b10-8+,16-14+,20-19+,23-22+,26-25+. The summed E-state index contributed by atoms with van der Waals surface area (Å²) in [4.78, 5) is 36.9. The molecule has 1 N–H and O–H groups in total. The van der Waals surface area contributed by atoms with E-state index in [0.29, 0.717) is 19.3 Å². The number of unbranched alkanes of at least 4 members (excludes halogenated alkanes) is 13. The van der Waals surface area contributed by atoms with Crippen molar-refractivity contribution in [3.05, 3.63) is 60.8 Å². The molecule has 8 heteroatoms. The van der Waals surface area contributed by atoms with Gasteiger partial charge in [-0.2, -0.15) is 0 Å². The summed E-state index contributed by atoms with van der Waals surface area (Å²) in [5, 5.41) is 9.60. The number of carbonyl (C=O) groups excluding carboxylic acids is 2. The van der Waals surface area contributed by atoms with Gasteiger partial charge in [0, 0.05) is 19.3 Å². The molecular weight excluding hydrogens is 679 g/mol. The molecule has 0 rings (SSSR count). The van der Waals surface area contributed by atoms with Crippen molar-refractivity contribution in [3.63, 3.8) is 0 Å². The Hall–Kier alpha value is -2.97. The topological polar surface area (TPSA) is 99.1 Å². The molecule has 2 unspecified atom stereocenters. The Morgan fingerprint density at radius 3 is 1.54 bits per heavy atom. The number of rotatable bonds is 37. The summed E-state index contributed by atoms with van der Waals surface area (Å²) in [5.74, 6) is -1.51.